The van der Waals surface area contributed by atoms with Gasteiger partial charge in [-0.15, -0.1) is 0 Å². The van der Waals surface area contributed by atoms with Crippen molar-refractivity contribution in [2.75, 3.05) is 14.2 Å². The molecule has 0 heterocycles. The molecule has 0 N–H and O–H groups in total. The van der Waals surface area contributed by atoms with E-state index in [-0.39, 0.29) is 22.4 Å². The molecule has 1 unspecified atom stereocenters. The molecule has 0 bridgehead atoms. The molecule has 0 aliphatic carbocycles. The minimum Gasteiger partial charge on any atom is -0.494 e. The third kappa shape index (κ3) is 4.20. The number of rotatable bonds is 5. The average Bonchev–Trinajstić information content (AvgIpc) is 2.37. The smallest absolute Gasteiger partial charge is 0.236 e. The van der Waals surface area contributed by atoms with Crippen LogP contribution in [0.5, 0.6) is 5.75 Å². The average molecular weight is 332 g/mol. The molecular weight excluding hydrogens is 313 g/mol. The first-order valence-corrected chi connectivity index (χ1v) is 6.99. The quantitative estimate of drug-likeness (QED) is 0.775. The maximum absolute atomic E-state index is 13.6. The Morgan fingerprint density at radius 2 is 2.11 bits per heavy atom. The summed E-state index contributed by atoms with van der Waals surface area (Å²) >= 11 is 3.37. The number of hydrogen-bond donors (Lipinski definition) is 0. The fourth-order valence-electron chi connectivity index (χ4n) is 1.66. The fourth-order valence-corrected chi connectivity index (χ4v) is 2.01. The summed E-state index contributed by atoms with van der Waals surface area (Å²) in [6.07, 6.45) is 0. The van der Waals surface area contributed by atoms with Crippen LogP contribution in [-0.2, 0) is 11.3 Å². The van der Waals surface area contributed by atoms with Gasteiger partial charge in [0.05, 0.1) is 11.9 Å². The van der Waals surface area contributed by atoms with Crippen molar-refractivity contribution in [3.8, 4) is 5.75 Å². The van der Waals surface area contributed by atoms with E-state index in [1.54, 1.807) is 24.1 Å². The molecule has 0 spiro atoms. The van der Waals surface area contributed by atoms with Gasteiger partial charge in [-0.25, -0.2) is 4.39 Å². The van der Waals surface area contributed by atoms with Crippen LogP contribution in [0.2, 0.25) is 0 Å². The molecule has 5 heteroatoms. The van der Waals surface area contributed by atoms with Crippen molar-refractivity contribution >= 4 is 21.8 Å². The molecule has 0 aliphatic heterocycles. The highest BCUT2D eigenvalue weighted by molar-refractivity contribution is 9.10. The van der Waals surface area contributed by atoms with Crippen molar-refractivity contribution in [1.29, 1.82) is 0 Å². The number of ether oxygens (including phenoxy) is 1. The van der Waals surface area contributed by atoms with Crippen molar-refractivity contribution in [3.05, 3.63) is 29.6 Å². The number of benzene rings is 1. The predicted molar refractivity (Wildman–Crippen MR) is 77.0 cm³/mol. The van der Waals surface area contributed by atoms with E-state index in [0.29, 0.717) is 6.54 Å². The number of carbonyl (C=O) groups is 1. The Balaban J connectivity index is 2.74. The van der Waals surface area contributed by atoms with Gasteiger partial charge in [0, 0.05) is 13.6 Å². The SMILES string of the molecule is COc1ccc(CN(C)C(=O)C(Br)C(C)C)cc1F. The molecular formula is C14H19BrFNO2. The van der Waals surface area contributed by atoms with Gasteiger partial charge in [0.2, 0.25) is 5.91 Å². The third-order valence-electron chi connectivity index (χ3n) is 2.83. The summed E-state index contributed by atoms with van der Waals surface area (Å²) in [6, 6.07) is 4.71. The summed E-state index contributed by atoms with van der Waals surface area (Å²) in [7, 11) is 3.13. The zero-order valence-electron chi connectivity index (χ0n) is 11.6. The van der Waals surface area contributed by atoms with Gasteiger partial charge >= 0.3 is 0 Å². The lowest BCUT2D eigenvalue weighted by molar-refractivity contribution is -0.130. The standard InChI is InChI=1S/C14H19BrFNO2/c1-9(2)13(15)14(18)17(3)8-10-5-6-12(19-4)11(16)7-10/h5-7,9,13H,8H2,1-4H3. The third-order valence-corrected chi connectivity index (χ3v) is 4.28. The Morgan fingerprint density at radius 1 is 1.47 bits per heavy atom. The van der Waals surface area contributed by atoms with Gasteiger partial charge in [-0.1, -0.05) is 35.8 Å². The second-order valence-corrected chi connectivity index (χ2v) is 5.80. The van der Waals surface area contributed by atoms with E-state index < -0.39 is 5.82 Å². The number of amides is 1. The molecule has 19 heavy (non-hydrogen) atoms. The molecule has 3 nitrogen and oxygen atoms in total. The second kappa shape index (κ2) is 6.89. The summed E-state index contributed by atoms with van der Waals surface area (Å²) in [5, 5.41) is 0. The number of alkyl halides is 1. The number of hydrogen-bond acceptors (Lipinski definition) is 2. The van der Waals surface area contributed by atoms with Crippen molar-refractivity contribution in [2.24, 2.45) is 5.92 Å². The predicted octanol–water partition coefficient (Wildman–Crippen LogP) is 3.21. The van der Waals surface area contributed by atoms with Gasteiger partial charge < -0.3 is 9.64 Å². The molecule has 0 fully saturated rings. The Labute approximate surface area is 121 Å². The lowest BCUT2D eigenvalue weighted by Gasteiger charge is -2.22. The Bertz CT molecular complexity index is 451. The molecule has 1 aromatic carbocycles. The topological polar surface area (TPSA) is 29.5 Å². The van der Waals surface area contributed by atoms with Gasteiger partial charge in [0.25, 0.3) is 0 Å². The molecule has 106 valence electrons. The summed E-state index contributed by atoms with van der Waals surface area (Å²) in [6.45, 7) is 4.31. The van der Waals surface area contributed by atoms with E-state index in [0.717, 1.165) is 5.56 Å². The molecule has 0 saturated carbocycles. The minimum atomic E-state index is -0.417. The van der Waals surface area contributed by atoms with E-state index in [2.05, 4.69) is 15.9 Å². The van der Waals surface area contributed by atoms with Gasteiger partial charge in [-0.2, -0.15) is 0 Å². The summed E-state index contributed by atoms with van der Waals surface area (Å²) in [5.41, 5.74) is 0.734. The molecule has 0 saturated heterocycles. The van der Waals surface area contributed by atoms with E-state index >= 15 is 0 Å². The van der Waals surface area contributed by atoms with E-state index in [4.69, 9.17) is 4.74 Å². The first-order valence-electron chi connectivity index (χ1n) is 6.08. The van der Waals surface area contributed by atoms with Gasteiger partial charge in [-0.05, 0) is 23.6 Å². The zero-order valence-corrected chi connectivity index (χ0v) is 13.2. The first-order chi connectivity index (χ1) is 8.86. The van der Waals surface area contributed by atoms with Gasteiger partial charge in [-0.3, -0.25) is 4.79 Å². The van der Waals surface area contributed by atoms with Crippen LogP contribution in [0.25, 0.3) is 0 Å². The molecule has 0 radical (unpaired) electrons. The van der Waals surface area contributed by atoms with Crippen molar-refractivity contribution in [3.63, 3.8) is 0 Å². The van der Waals surface area contributed by atoms with Crippen LogP contribution >= 0.6 is 15.9 Å². The zero-order chi connectivity index (χ0) is 14.6. The van der Waals surface area contributed by atoms with Crippen LogP contribution in [-0.4, -0.2) is 29.8 Å². The molecule has 0 aliphatic rings. The van der Waals surface area contributed by atoms with Gasteiger partial charge in [0.15, 0.2) is 11.6 Å². The van der Waals surface area contributed by atoms with Gasteiger partial charge in [0.1, 0.15) is 0 Å². The van der Waals surface area contributed by atoms with E-state index in [1.807, 2.05) is 13.8 Å². The molecule has 0 aromatic heterocycles. The van der Waals surface area contributed by atoms with Crippen LogP contribution in [0, 0.1) is 11.7 Å². The Morgan fingerprint density at radius 3 is 2.58 bits per heavy atom. The van der Waals surface area contributed by atoms with Crippen LogP contribution in [0.1, 0.15) is 19.4 Å². The highest BCUT2D eigenvalue weighted by Crippen LogP contribution is 2.20. The number of halogens is 2. The molecule has 1 aromatic rings. The highest BCUT2D eigenvalue weighted by Gasteiger charge is 2.22. The first kappa shape index (κ1) is 16.0. The van der Waals surface area contributed by atoms with Crippen molar-refractivity contribution < 1.29 is 13.9 Å². The van der Waals surface area contributed by atoms with Crippen LogP contribution < -0.4 is 4.74 Å². The summed E-state index contributed by atoms with van der Waals surface area (Å²) in [4.78, 5) is 13.4. The van der Waals surface area contributed by atoms with Crippen LogP contribution in [0.4, 0.5) is 4.39 Å². The summed E-state index contributed by atoms with van der Waals surface area (Å²) < 4.78 is 18.4. The fraction of sp³-hybridized carbons (Fsp3) is 0.500. The second-order valence-electron chi connectivity index (χ2n) is 4.81. The molecule has 1 atom stereocenters. The Hall–Kier alpha value is -1.10. The molecule has 1 amide bonds. The van der Waals surface area contributed by atoms with E-state index in [9.17, 15) is 9.18 Å². The Kier molecular flexibility index (Phi) is 5.79. The monoisotopic (exact) mass is 331 g/mol. The lowest BCUT2D eigenvalue weighted by atomic mass is 10.1. The maximum atomic E-state index is 13.6. The van der Waals surface area contributed by atoms with Crippen LogP contribution in [0.15, 0.2) is 18.2 Å². The van der Waals surface area contributed by atoms with Crippen molar-refractivity contribution in [1.82, 2.24) is 4.90 Å². The van der Waals surface area contributed by atoms with Crippen molar-refractivity contribution in [2.45, 2.75) is 25.2 Å². The summed E-state index contributed by atoms with van der Waals surface area (Å²) in [5.74, 6) is -0.00726. The maximum Gasteiger partial charge on any atom is 0.236 e. The number of carbonyl (C=O) groups excluding carboxylic acids is 1. The van der Waals surface area contributed by atoms with E-state index in [1.165, 1.54) is 13.2 Å². The lowest BCUT2D eigenvalue weighted by Crippen LogP contribution is -2.35. The minimum absolute atomic E-state index is 0.00812. The number of methoxy groups -OCH3 is 1. The largest absolute Gasteiger partial charge is 0.494 e. The number of nitrogens with zero attached hydrogens (tertiary/aromatic N) is 1. The normalized spacial score (nSPS) is 12.4. The highest BCUT2D eigenvalue weighted by atomic mass is 79.9. The van der Waals surface area contributed by atoms with Crippen LogP contribution in [0.3, 0.4) is 0 Å². The molecule has 1 rings (SSSR count).